The first-order valence-corrected chi connectivity index (χ1v) is 4.84. The van der Waals surface area contributed by atoms with Gasteiger partial charge in [-0.3, -0.25) is 5.32 Å². The molecule has 3 aliphatic rings. The number of alkyl halides is 3. The van der Waals surface area contributed by atoms with Gasteiger partial charge in [0.1, 0.15) is 0 Å². The van der Waals surface area contributed by atoms with Crippen molar-refractivity contribution in [3.8, 4) is 0 Å². The van der Waals surface area contributed by atoms with E-state index in [1.165, 1.54) is 0 Å². The van der Waals surface area contributed by atoms with Crippen LogP contribution in [0.1, 0.15) is 6.42 Å². The monoisotopic (exact) mass is 223 g/mol. The second-order valence-electron chi connectivity index (χ2n) is 4.71. The molecule has 1 aliphatic carbocycles. The van der Waals surface area contributed by atoms with Crippen molar-refractivity contribution >= 4 is 0 Å². The van der Waals surface area contributed by atoms with Crippen LogP contribution >= 0.6 is 0 Å². The first-order valence-electron chi connectivity index (χ1n) is 4.84. The second-order valence-corrected chi connectivity index (χ2v) is 4.71. The van der Waals surface area contributed by atoms with Gasteiger partial charge in [-0.15, -0.1) is 0 Å². The normalized spacial score (nSPS) is 57.0. The van der Waals surface area contributed by atoms with Gasteiger partial charge in [0, 0.05) is 18.9 Å². The Morgan fingerprint density at radius 2 is 2.13 bits per heavy atom. The van der Waals surface area contributed by atoms with E-state index >= 15 is 0 Å². The van der Waals surface area contributed by atoms with E-state index in [4.69, 9.17) is 16.2 Å². The minimum absolute atomic E-state index is 0.0986. The molecule has 5 N–H and O–H groups in total. The number of nitrogens with two attached hydrogens (primary N) is 2. The summed E-state index contributed by atoms with van der Waals surface area (Å²) in [5.41, 5.74) is 9.79. The van der Waals surface area contributed by atoms with E-state index in [1.54, 1.807) is 0 Å². The lowest BCUT2D eigenvalue weighted by atomic mass is 9.53. The molecule has 0 aromatic heterocycles. The van der Waals surface area contributed by atoms with E-state index in [0.717, 1.165) is 0 Å². The van der Waals surface area contributed by atoms with Gasteiger partial charge >= 0.3 is 6.18 Å². The molecule has 15 heavy (non-hydrogen) atoms. The Balaban J connectivity index is 1.90. The minimum atomic E-state index is -4.35. The van der Waals surface area contributed by atoms with Crippen LogP contribution in [-0.2, 0) is 4.74 Å². The van der Waals surface area contributed by atoms with Crippen LogP contribution in [0.15, 0.2) is 0 Å². The summed E-state index contributed by atoms with van der Waals surface area (Å²) in [6.07, 6.45) is -5.74. The van der Waals surface area contributed by atoms with E-state index < -0.39 is 29.6 Å². The minimum Gasteiger partial charge on any atom is -0.359 e. The lowest BCUT2D eigenvalue weighted by molar-refractivity contribution is -0.235. The Hall–Kier alpha value is -0.370. The van der Waals surface area contributed by atoms with Crippen molar-refractivity contribution in [2.24, 2.45) is 17.4 Å². The summed E-state index contributed by atoms with van der Waals surface area (Å²) in [7, 11) is 0. The largest absolute Gasteiger partial charge is 0.416 e. The third kappa shape index (κ3) is 0.926. The molecule has 0 amide bonds. The van der Waals surface area contributed by atoms with Gasteiger partial charge in [-0.1, -0.05) is 0 Å². The van der Waals surface area contributed by atoms with Gasteiger partial charge in [-0.2, -0.15) is 13.2 Å². The first-order chi connectivity index (χ1) is 6.82. The van der Waals surface area contributed by atoms with Crippen molar-refractivity contribution in [2.75, 3.05) is 6.54 Å². The van der Waals surface area contributed by atoms with Gasteiger partial charge in [-0.25, -0.2) is 0 Å². The van der Waals surface area contributed by atoms with Gasteiger partial charge in [-0.05, 0) is 0 Å². The molecule has 5 atom stereocenters. The molecule has 0 aromatic rings. The Labute approximate surface area is 84.1 Å². The lowest BCUT2D eigenvalue weighted by Gasteiger charge is -2.65. The smallest absolute Gasteiger partial charge is 0.359 e. The maximum atomic E-state index is 12.6. The number of hydrogen-bond acceptors (Lipinski definition) is 4. The molecular weight excluding hydrogens is 211 g/mol. The number of piperidine rings is 1. The van der Waals surface area contributed by atoms with E-state index in [-0.39, 0.29) is 12.5 Å². The average Bonchev–Trinajstić information content (AvgIpc) is 2.20. The Morgan fingerprint density at radius 1 is 1.47 bits per heavy atom. The summed E-state index contributed by atoms with van der Waals surface area (Å²) in [6.45, 7) is 0.0986. The topological polar surface area (TPSA) is 73.3 Å². The molecular formula is C8H12F3N3O. The summed E-state index contributed by atoms with van der Waals surface area (Å²) >= 11 is 0. The zero-order valence-electron chi connectivity index (χ0n) is 7.84. The average molecular weight is 223 g/mol. The molecule has 86 valence electrons. The van der Waals surface area contributed by atoms with Crippen LogP contribution in [0.4, 0.5) is 13.2 Å². The second kappa shape index (κ2) is 2.32. The van der Waals surface area contributed by atoms with Gasteiger partial charge < -0.3 is 16.2 Å². The molecule has 0 bridgehead atoms. The Morgan fingerprint density at radius 3 is 2.53 bits per heavy atom. The molecule has 5 unspecified atom stereocenters. The quantitative estimate of drug-likeness (QED) is 0.549. The maximum Gasteiger partial charge on any atom is 0.416 e. The molecule has 2 heterocycles. The van der Waals surface area contributed by atoms with Crippen LogP contribution in [0.2, 0.25) is 0 Å². The molecule has 3 rings (SSSR count). The molecule has 0 aromatic carbocycles. The SMILES string of the molecule is NCC12CC3(N)NC(C(C(F)(F)F)O1)C32. The fraction of sp³-hybridized carbons (Fsp3) is 1.00. The van der Waals surface area contributed by atoms with Crippen LogP contribution in [-0.4, -0.2) is 36.1 Å². The Bertz CT molecular complexity index is 323. The summed E-state index contributed by atoms with van der Waals surface area (Å²) in [6, 6.07) is -0.715. The highest BCUT2D eigenvalue weighted by molar-refractivity contribution is 5.31. The first kappa shape index (κ1) is 9.83. The number of nitrogens with one attached hydrogen (secondary N) is 1. The third-order valence-electron chi connectivity index (χ3n) is 3.86. The van der Waals surface area contributed by atoms with Crippen LogP contribution in [0.5, 0.6) is 0 Å². The summed E-state index contributed by atoms with van der Waals surface area (Å²) in [4.78, 5) is 0. The number of rotatable bonds is 1. The van der Waals surface area contributed by atoms with Gasteiger partial charge in [0.15, 0.2) is 6.10 Å². The zero-order chi connectivity index (χ0) is 11.1. The summed E-state index contributed by atoms with van der Waals surface area (Å²) in [5.74, 6) is -0.290. The molecule has 0 radical (unpaired) electrons. The molecule has 0 spiro atoms. The van der Waals surface area contributed by atoms with Gasteiger partial charge in [0.05, 0.1) is 17.3 Å². The van der Waals surface area contributed by atoms with Crippen molar-refractivity contribution in [3.63, 3.8) is 0 Å². The van der Waals surface area contributed by atoms with E-state index in [0.29, 0.717) is 6.42 Å². The van der Waals surface area contributed by atoms with Crippen molar-refractivity contribution in [1.29, 1.82) is 0 Å². The molecule has 1 saturated carbocycles. The van der Waals surface area contributed by atoms with Gasteiger partial charge in [0.2, 0.25) is 0 Å². The number of ether oxygens (including phenoxy) is 1. The predicted octanol–water partition coefficient (Wildman–Crippen LogP) is -0.708. The molecule has 2 aliphatic heterocycles. The third-order valence-corrected chi connectivity index (χ3v) is 3.86. The lowest BCUT2D eigenvalue weighted by Crippen LogP contribution is -2.89. The predicted molar refractivity (Wildman–Crippen MR) is 44.7 cm³/mol. The molecule has 7 heteroatoms. The van der Waals surface area contributed by atoms with Crippen molar-refractivity contribution in [2.45, 2.75) is 36.0 Å². The van der Waals surface area contributed by atoms with Crippen molar-refractivity contribution in [1.82, 2.24) is 5.32 Å². The highest BCUT2D eigenvalue weighted by Crippen LogP contribution is 2.62. The highest BCUT2D eigenvalue weighted by Gasteiger charge is 2.80. The number of hydrogen-bond donors (Lipinski definition) is 3. The van der Waals surface area contributed by atoms with Crippen molar-refractivity contribution in [3.05, 3.63) is 0 Å². The highest BCUT2D eigenvalue weighted by atomic mass is 19.4. The molecule has 3 fully saturated rings. The number of halogens is 3. The molecule has 4 nitrogen and oxygen atoms in total. The van der Waals surface area contributed by atoms with Gasteiger partial charge in [0.25, 0.3) is 0 Å². The van der Waals surface area contributed by atoms with E-state index in [1.807, 2.05) is 0 Å². The fourth-order valence-corrected chi connectivity index (χ4v) is 3.35. The summed E-state index contributed by atoms with van der Waals surface area (Å²) in [5, 5.41) is 2.74. The van der Waals surface area contributed by atoms with Crippen molar-refractivity contribution < 1.29 is 17.9 Å². The van der Waals surface area contributed by atoms with E-state index in [2.05, 4.69) is 5.32 Å². The van der Waals surface area contributed by atoms with Crippen LogP contribution in [0.3, 0.4) is 0 Å². The Kier molecular flexibility index (Phi) is 1.52. The maximum absolute atomic E-state index is 12.6. The standard InChI is InChI=1S/C8H12F3N3O/c9-8(10,11)5-3-4-6(2-12,15-5)1-7(4,13)14-3/h3-5,14H,1-2,12-13H2. The van der Waals surface area contributed by atoms with E-state index in [9.17, 15) is 13.2 Å². The zero-order valence-corrected chi connectivity index (χ0v) is 7.84. The molecule has 2 saturated heterocycles. The van der Waals surface area contributed by atoms with Crippen LogP contribution in [0.25, 0.3) is 0 Å². The summed E-state index contributed by atoms with van der Waals surface area (Å²) < 4.78 is 42.9. The van der Waals surface area contributed by atoms with Crippen LogP contribution < -0.4 is 16.8 Å². The van der Waals surface area contributed by atoms with Crippen LogP contribution in [0, 0.1) is 5.92 Å². The fourth-order valence-electron chi connectivity index (χ4n) is 3.35.